The van der Waals surface area contributed by atoms with E-state index in [1.165, 1.54) is 6.92 Å². The highest BCUT2D eigenvalue weighted by Crippen LogP contribution is 2.20. The number of hydrogen-bond acceptors (Lipinski definition) is 3. The number of amides is 2. The average molecular weight is 266 g/mol. The summed E-state index contributed by atoms with van der Waals surface area (Å²) in [4.78, 5) is 22.2. The lowest BCUT2D eigenvalue weighted by atomic mass is 10.2. The molecule has 0 aliphatic heterocycles. The van der Waals surface area contributed by atoms with Gasteiger partial charge in [-0.25, -0.2) is 4.79 Å². The summed E-state index contributed by atoms with van der Waals surface area (Å²) in [6.07, 6.45) is 0. The Balaban J connectivity index is 2.55. The molecule has 2 amide bonds. The van der Waals surface area contributed by atoms with Crippen LogP contribution in [0.25, 0.3) is 0 Å². The van der Waals surface area contributed by atoms with E-state index in [0.717, 1.165) is 5.56 Å². The van der Waals surface area contributed by atoms with E-state index in [9.17, 15) is 9.59 Å². The van der Waals surface area contributed by atoms with Crippen molar-refractivity contribution in [3.05, 3.63) is 23.8 Å². The summed E-state index contributed by atoms with van der Waals surface area (Å²) < 4.78 is 5.07. The maximum absolute atomic E-state index is 11.6. The highest BCUT2D eigenvalue weighted by Gasteiger charge is 2.12. The van der Waals surface area contributed by atoms with E-state index >= 15 is 0 Å². The number of aryl methyl sites for hydroxylation is 1. The Kier molecular flexibility index (Phi) is 5.17. The van der Waals surface area contributed by atoms with E-state index in [4.69, 9.17) is 9.84 Å². The number of urea groups is 1. The number of hydrogen-bond donors (Lipinski definition) is 3. The lowest BCUT2D eigenvalue weighted by molar-refractivity contribution is -0.140. The number of carboxylic acid groups (broad SMARTS) is 1. The van der Waals surface area contributed by atoms with Crippen molar-refractivity contribution in [2.75, 3.05) is 19.0 Å². The molecule has 104 valence electrons. The molecule has 1 atom stereocenters. The molecule has 0 radical (unpaired) electrons. The van der Waals surface area contributed by atoms with Gasteiger partial charge in [0.25, 0.3) is 0 Å². The zero-order valence-corrected chi connectivity index (χ0v) is 11.2. The highest BCUT2D eigenvalue weighted by molar-refractivity contribution is 5.90. The van der Waals surface area contributed by atoms with Crippen molar-refractivity contribution in [2.45, 2.75) is 13.8 Å². The fourth-order valence-electron chi connectivity index (χ4n) is 1.40. The van der Waals surface area contributed by atoms with Gasteiger partial charge in [0, 0.05) is 12.2 Å². The van der Waals surface area contributed by atoms with Crippen molar-refractivity contribution >= 4 is 17.7 Å². The SMILES string of the molecule is COc1ccc(NC(=O)NCC(C)C(=O)O)c(C)c1. The summed E-state index contributed by atoms with van der Waals surface area (Å²) in [5.74, 6) is -0.855. The summed E-state index contributed by atoms with van der Waals surface area (Å²) in [6, 6.07) is 4.84. The Morgan fingerprint density at radius 1 is 1.42 bits per heavy atom. The van der Waals surface area contributed by atoms with Crippen LogP contribution in [0.2, 0.25) is 0 Å². The second-order valence-corrected chi connectivity index (χ2v) is 4.26. The summed E-state index contributed by atoms with van der Waals surface area (Å²) in [5, 5.41) is 13.9. The van der Waals surface area contributed by atoms with Gasteiger partial charge in [-0.3, -0.25) is 4.79 Å². The van der Waals surface area contributed by atoms with Gasteiger partial charge in [-0.05, 0) is 30.7 Å². The van der Waals surface area contributed by atoms with E-state index in [1.807, 2.05) is 6.92 Å². The quantitative estimate of drug-likeness (QED) is 0.759. The maximum atomic E-state index is 11.6. The van der Waals surface area contributed by atoms with Crippen molar-refractivity contribution in [1.29, 1.82) is 0 Å². The second kappa shape index (κ2) is 6.63. The minimum Gasteiger partial charge on any atom is -0.497 e. The number of anilines is 1. The van der Waals surface area contributed by atoms with Crippen molar-refractivity contribution in [1.82, 2.24) is 5.32 Å². The van der Waals surface area contributed by atoms with Gasteiger partial charge < -0.3 is 20.5 Å². The van der Waals surface area contributed by atoms with Crippen LogP contribution >= 0.6 is 0 Å². The van der Waals surface area contributed by atoms with Crippen LogP contribution in [0.4, 0.5) is 10.5 Å². The molecule has 0 aromatic heterocycles. The molecule has 1 rings (SSSR count). The van der Waals surface area contributed by atoms with Gasteiger partial charge in [0.05, 0.1) is 13.0 Å². The molecule has 19 heavy (non-hydrogen) atoms. The largest absolute Gasteiger partial charge is 0.497 e. The number of methoxy groups -OCH3 is 1. The van der Waals surface area contributed by atoms with E-state index < -0.39 is 17.9 Å². The molecule has 0 heterocycles. The number of carbonyl (C=O) groups excluding carboxylic acids is 1. The fourth-order valence-corrected chi connectivity index (χ4v) is 1.40. The molecule has 3 N–H and O–H groups in total. The number of nitrogens with one attached hydrogen (secondary N) is 2. The molecular weight excluding hydrogens is 248 g/mol. The third kappa shape index (κ3) is 4.50. The minimum atomic E-state index is -0.944. The van der Waals surface area contributed by atoms with E-state index in [1.54, 1.807) is 25.3 Å². The van der Waals surface area contributed by atoms with Gasteiger partial charge in [-0.15, -0.1) is 0 Å². The van der Waals surface area contributed by atoms with E-state index in [2.05, 4.69) is 10.6 Å². The van der Waals surface area contributed by atoms with Crippen molar-refractivity contribution in [3.8, 4) is 5.75 Å². The van der Waals surface area contributed by atoms with Gasteiger partial charge >= 0.3 is 12.0 Å². The summed E-state index contributed by atoms with van der Waals surface area (Å²) in [6.45, 7) is 3.45. The molecule has 0 bridgehead atoms. The first-order valence-corrected chi connectivity index (χ1v) is 5.86. The lowest BCUT2D eigenvalue weighted by Crippen LogP contribution is -2.34. The van der Waals surface area contributed by atoms with Gasteiger partial charge in [0.2, 0.25) is 0 Å². The first kappa shape index (κ1) is 14.8. The minimum absolute atomic E-state index is 0.0797. The number of rotatable bonds is 5. The molecule has 6 nitrogen and oxygen atoms in total. The molecule has 0 fully saturated rings. The van der Waals surface area contributed by atoms with Crippen molar-refractivity contribution in [2.24, 2.45) is 5.92 Å². The number of aliphatic carboxylic acids is 1. The number of carbonyl (C=O) groups is 2. The van der Waals surface area contributed by atoms with Crippen molar-refractivity contribution in [3.63, 3.8) is 0 Å². The Morgan fingerprint density at radius 3 is 2.63 bits per heavy atom. The molecule has 0 aliphatic rings. The van der Waals surface area contributed by atoms with Crippen LogP contribution in [0.15, 0.2) is 18.2 Å². The van der Waals surface area contributed by atoms with E-state index in [-0.39, 0.29) is 6.54 Å². The van der Waals surface area contributed by atoms with E-state index in [0.29, 0.717) is 11.4 Å². The number of benzene rings is 1. The second-order valence-electron chi connectivity index (χ2n) is 4.26. The van der Waals surface area contributed by atoms with Gasteiger partial charge in [0.15, 0.2) is 0 Å². The molecule has 0 saturated carbocycles. The average Bonchev–Trinajstić information content (AvgIpc) is 2.38. The molecule has 0 spiro atoms. The predicted octanol–water partition coefficient (Wildman–Crippen LogP) is 1.85. The monoisotopic (exact) mass is 266 g/mol. The maximum Gasteiger partial charge on any atom is 0.319 e. The zero-order valence-electron chi connectivity index (χ0n) is 11.2. The molecule has 1 aromatic carbocycles. The first-order valence-electron chi connectivity index (χ1n) is 5.86. The molecule has 1 aromatic rings. The first-order chi connectivity index (χ1) is 8.93. The predicted molar refractivity (Wildman–Crippen MR) is 71.6 cm³/mol. The number of carboxylic acids is 1. The van der Waals surface area contributed by atoms with Crippen LogP contribution in [0.3, 0.4) is 0 Å². The summed E-state index contributed by atoms with van der Waals surface area (Å²) in [5.41, 5.74) is 1.52. The summed E-state index contributed by atoms with van der Waals surface area (Å²) in [7, 11) is 1.57. The zero-order chi connectivity index (χ0) is 14.4. The van der Waals surface area contributed by atoms with Gasteiger partial charge in [-0.1, -0.05) is 6.92 Å². The lowest BCUT2D eigenvalue weighted by Gasteiger charge is -2.12. The molecular formula is C13H18N2O4. The van der Waals surface area contributed by atoms with Crippen LogP contribution in [-0.2, 0) is 4.79 Å². The smallest absolute Gasteiger partial charge is 0.319 e. The summed E-state index contributed by atoms with van der Waals surface area (Å²) >= 11 is 0. The number of ether oxygens (including phenoxy) is 1. The Bertz CT molecular complexity index is 474. The van der Waals surface area contributed by atoms with Gasteiger partial charge in [-0.2, -0.15) is 0 Å². The van der Waals surface area contributed by atoms with Crippen LogP contribution in [0.1, 0.15) is 12.5 Å². The standard InChI is InChI=1S/C13H18N2O4/c1-8-6-10(19-3)4-5-11(8)15-13(18)14-7-9(2)12(16)17/h4-6,9H,7H2,1-3H3,(H,16,17)(H2,14,15,18). The van der Waals surface area contributed by atoms with Crippen LogP contribution < -0.4 is 15.4 Å². The van der Waals surface area contributed by atoms with Crippen LogP contribution in [0, 0.1) is 12.8 Å². The topological polar surface area (TPSA) is 87.7 Å². The third-order valence-electron chi connectivity index (χ3n) is 2.67. The third-order valence-corrected chi connectivity index (χ3v) is 2.67. The van der Waals surface area contributed by atoms with Gasteiger partial charge in [0.1, 0.15) is 5.75 Å². The normalized spacial score (nSPS) is 11.5. The fraction of sp³-hybridized carbons (Fsp3) is 0.385. The van der Waals surface area contributed by atoms with Crippen molar-refractivity contribution < 1.29 is 19.4 Å². The highest BCUT2D eigenvalue weighted by atomic mass is 16.5. The molecule has 6 heteroatoms. The Labute approximate surface area is 111 Å². The molecule has 1 unspecified atom stereocenters. The Hall–Kier alpha value is -2.24. The molecule has 0 saturated heterocycles. The Morgan fingerprint density at radius 2 is 2.11 bits per heavy atom. The molecule has 0 aliphatic carbocycles. The van der Waals surface area contributed by atoms with Crippen LogP contribution in [-0.4, -0.2) is 30.8 Å². The van der Waals surface area contributed by atoms with Crippen LogP contribution in [0.5, 0.6) is 5.75 Å².